The Morgan fingerprint density at radius 1 is 1.06 bits per heavy atom. The second kappa shape index (κ2) is 9.46. The van der Waals surface area contributed by atoms with E-state index in [1.807, 2.05) is 30.3 Å². The van der Waals surface area contributed by atoms with Crippen molar-refractivity contribution in [3.63, 3.8) is 0 Å². The molecule has 0 radical (unpaired) electrons. The van der Waals surface area contributed by atoms with Crippen molar-refractivity contribution >= 4 is 27.2 Å². The standard InChI is InChI=1S/C25H27FN4O2S2/c26-20-8-6-19(7-9-20)17-34(31,32)25-27-14-23(30(25)15-18-4-2-1-3-5-18)16-29(22-12-13-22)24(33)28-21-10-11-21/h1-9,14,21-22H,10-13,15-17H2,(H,28,33). The maximum absolute atomic E-state index is 13.4. The molecule has 5 rings (SSSR count). The van der Waals surface area contributed by atoms with Gasteiger partial charge in [0.15, 0.2) is 5.11 Å². The van der Waals surface area contributed by atoms with Crippen LogP contribution in [0, 0.1) is 5.82 Å². The minimum absolute atomic E-state index is 0.0208. The van der Waals surface area contributed by atoms with E-state index in [9.17, 15) is 12.8 Å². The molecule has 1 heterocycles. The lowest BCUT2D eigenvalue weighted by molar-refractivity contribution is 0.381. The molecule has 0 atom stereocenters. The van der Waals surface area contributed by atoms with E-state index < -0.39 is 15.7 Å². The molecular weight excluding hydrogens is 471 g/mol. The number of benzene rings is 2. The molecule has 2 fully saturated rings. The van der Waals surface area contributed by atoms with Crippen LogP contribution in [-0.2, 0) is 28.7 Å². The number of nitrogens with zero attached hydrogens (tertiary/aromatic N) is 3. The number of aromatic nitrogens is 2. The zero-order valence-electron chi connectivity index (χ0n) is 18.7. The van der Waals surface area contributed by atoms with Crippen molar-refractivity contribution in [3.05, 3.63) is 83.4 Å². The van der Waals surface area contributed by atoms with Gasteiger partial charge in [-0.1, -0.05) is 42.5 Å². The Balaban J connectivity index is 1.46. The van der Waals surface area contributed by atoms with Gasteiger partial charge in [-0.3, -0.25) is 0 Å². The number of rotatable bonds is 9. The average molecular weight is 499 g/mol. The minimum atomic E-state index is -3.76. The van der Waals surface area contributed by atoms with Crippen molar-refractivity contribution in [3.8, 4) is 0 Å². The molecule has 1 aromatic heterocycles. The van der Waals surface area contributed by atoms with Crippen LogP contribution in [-0.4, -0.2) is 40.1 Å². The third kappa shape index (κ3) is 5.47. The summed E-state index contributed by atoms with van der Waals surface area (Å²) in [6.45, 7) is 0.880. The maximum Gasteiger partial charge on any atom is 0.228 e. The summed E-state index contributed by atoms with van der Waals surface area (Å²) in [5.74, 6) is -0.642. The summed E-state index contributed by atoms with van der Waals surface area (Å²) in [6, 6.07) is 16.1. The first-order valence-electron chi connectivity index (χ1n) is 11.5. The van der Waals surface area contributed by atoms with Gasteiger partial charge < -0.3 is 14.8 Å². The summed E-state index contributed by atoms with van der Waals surface area (Å²) < 4.78 is 41.9. The van der Waals surface area contributed by atoms with E-state index in [0.717, 1.165) is 42.1 Å². The van der Waals surface area contributed by atoms with E-state index in [4.69, 9.17) is 12.2 Å². The highest BCUT2D eigenvalue weighted by molar-refractivity contribution is 7.90. The lowest BCUT2D eigenvalue weighted by atomic mass is 10.2. The van der Waals surface area contributed by atoms with Gasteiger partial charge in [-0.25, -0.2) is 17.8 Å². The fourth-order valence-electron chi connectivity index (χ4n) is 3.98. The molecule has 9 heteroatoms. The van der Waals surface area contributed by atoms with Gasteiger partial charge in [-0.2, -0.15) is 0 Å². The largest absolute Gasteiger partial charge is 0.360 e. The van der Waals surface area contributed by atoms with Gasteiger partial charge in [-0.05, 0) is 61.2 Å². The number of nitrogens with one attached hydrogen (secondary N) is 1. The Kier molecular flexibility index (Phi) is 6.40. The number of imidazole rings is 1. The van der Waals surface area contributed by atoms with Crippen LogP contribution in [0.1, 0.15) is 42.5 Å². The molecule has 2 aromatic carbocycles. The number of thiocarbonyl (C=S) groups is 1. The Hall–Kier alpha value is -2.78. The molecule has 0 bridgehead atoms. The molecule has 2 aliphatic rings. The third-order valence-corrected chi connectivity index (χ3v) is 8.07. The summed E-state index contributed by atoms with van der Waals surface area (Å²) in [6.07, 6.45) is 6.08. The molecular formula is C25H27FN4O2S2. The van der Waals surface area contributed by atoms with E-state index in [-0.39, 0.29) is 10.9 Å². The summed E-state index contributed by atoms with van der Waals surface area (Å²) in [7, 11) is -3.76. The Morgan fingerprint density at radius 3 is 2.41 bits per heavy atom. The zero-order chi connectivity index (χ0) is 23.7. The van der Waals surface area contributed by atoms with Gasteiger partial charge in [0.05, 0.1) is 30.7 Å². The molecule has 1 N–H and O–H groups in total. The van der Waals surface area contributed by atoms with E-state index in [2.05, 4.69) is 15.2 Å². The first-order valence-corrected chi connectivity index (χ1v) is 13.6. The monoisotopic (exact) mass is 498 g/mol. The van der Waals surface area contributed by atoms with E-state index in [1.165, 1.54) is 24.3 Å². The number of halogens is 1. The molecule has 6 nitrogen and oxygen atoms in total. The molecule has 0 saturated heterocycles. The highest BCUT2D eigenvalue weighted by atomic mass is 32.2. The highest BCUT2D eigenvalue weighted by Gasteiger charge is 2.34. The minimum Gasteiger partial charge on any atom is -0.360 e. The van der Waals surface area contributed by atoms with Crippen LogP contribution in [0.2, 0.25) is 0 Å². The van der Waals surface area contributed by atoms with Gasteiger partial charge in [0.1, 0.15) is 5.82 Å². The number of hydrogen-bond donors (Lipinski definition) is 1. The van der Waals surface area contributed by atoms with Crippen LogP contribution in [0.4, 0.5) is 4.39 Å². The van der Waals surface area contributed by atoms with Gasteiger partial charge in [-0.15, -0.1) is 0 Å². The molecule has 178 valence electrons. The second-order valence-corrected chi connectivity index (χ2v) is 11.3. The third-order valence-electron chi connectivity index (χ3n) is 6.12. The van der Waals surface area contributed by atoms with Crippen molar-refractivity contribution in [1.29, 1.82) is 0 Å². The molecule has 3 aromatic rings. The zero-order valence-corrected chi connectivity index (χ0v) is 20.4. The molecule has 34 heavy (non-hydrogen) atoms. The quantitative estimate of drug-likeness (QED) is 0.449. The SMILES string of the molecule is O=S(=O)(Cc1ccc(F)cc1)c1ncc(CN(C(=S)NC2CC2)C2CC2)n1Cc1ccccc1. The molecule has 0 unspecified atom stereocenters. The first kappa shape index (κ1) is 23.0. The lowest BCUT2D eigenvalue weighted by Gasteiger charge is -2.26. The Labute approximate surface area is 204 Å². The van der Waals surface area contributed by atoms with Crippen LogP contribution < -0.4 is 5.32 Å². The van der Waals surface area contributed by atoms with Crippen molar-refractivity contribution in [2.24, 2.45) is 0 Å². The predicted octanol–water partition coefficient (Wildman–Crippen LogP) is 4.05. The topological polar surface area (TPSA) is 67.2 Å². The van der Waals surface area contributed by atoms with Gasteiger partial charge >= 0.3 is 0 Å². The fourth-order valence-corrected chi connectivity index (χ4v) is 5.85. The van der Waals surface area contributed by atoms with Gasteiger partial charge in [0.25, 0.3) is 0 Å². The van der Waals surface area contributed by atoms with Crippen molar-refractivity contribution < 1.29 is 12.8 Å². The van der Waals surface area contributed by atoms with Crippen LogP contribution in [0.3, 0.4) is 0 Å². The van der Waals surface area contributed by atoms with Crippen LogP contribution in [0.5, 0.6) is 0 Å². The second-order valence-electron chi connectivity index (χ2n) is 9.07. The Morgan fingerprint density at radius 2 is 1.76 bits per heavy atom. The van der Waals surface area contributed by atoms with E-state index in [1.54, 1.807) is 10.8 Å². The normalized spacial score (nSPS) is 15.8. The van der Waals surface area contributed by atoms with Crippen molar-refractivity contribution in [2.75, 3.05) is 0 Å². The first-order chi connectivity index (χ1) is 16.4. The van der Waals surface area contributed by atoms with Crippen LogP contribution in [0.15, 0.2) is 66.0 Å². The summed E-state index contributed by atoms with van der Waals surface area (Å²) in [5.41, 5.74) is 2.30. The molecule has 2 saturated carbocycles. The van der Waals surface area contributed by atoms with Crippen molar-refractivity contribution in [1.82, 2.24) is 19.8 Å². The summed E-state index contributed by atoms with van der Waals surface area (Å²) in [4.78, 5) is 6.54. The van der Waals surface area contributed by atoms with Crippen LogP contribution in [0.25, 0.3) is 0 Å². The molecule has 0 amide bonds. The Bertz CT molecular complexity index is 1270. The van der Waals surface area contributed by atoms with Crippen LogP contribution >= 0.6 is 12.2 Å². The molecule has 2 aliphatic carbocycles. The predicted molar refractivity (Wildman–Crippen MR) is 132 cm³/mol. The van der Waals surface area contributed by atoms with Gasteiger partial charge in [0, 0.05) is 12.1 Å². The summed E-state index contributed by atoms with van der Waals surface area (Å²) in [5, 5.41) is 4.17. The maximum atomic E-state index is 13.4. The lowest BCUT2D eigenvalue weighted by Crippen LogP contribution is -2.42. The number of hydrogen-bond acceptors (Lipinski definition) is 4. The average Bonchev–Trinajstić information content (AvgIpc) is 3.75. The van der Waals surface area contributed by atoms with E-state index in [0.29, 0.717) is 30.7 Å². The van der Waals surface area contributed by atoms with Crippen molar-refractivity contribution in [2.45, 2.75) is 61.8 Å². The summed E-state index contributed by atoms with van der Waals surface area (Å²) >= 11 is 5.69. The fraction of sp³-hybridized carbons (Fsp3) is 0.360. The highest BCUT2D eigenvalue weighted by Crippen LogP contribution is 2.30. The van der Waals surface area contributed by atoms with E-state index >= 15 is 0 Å². The molecule has 0 spiro atoms. The smallest absolute Gasteiger partial charge is 0.228 e. The molecule has 0 aliphatic heterocycles. The van der Waals surface area contributed by atoms with Gasteiger partial charge in [0.2, 0.25) is 15.0 Å². The number of sulfone groups is 1.